The van der Waals surface area contributed by atoms with Gasteiger partial charge in [-0.05, 0) is 36.6 Å². The van der Waals surface area contributed by atoms with Gasteiger partial charge in [0.1, 0.15) is 5.75 Å². The summed E-state index contributed by atoms with van der Waals surface area (Å²) < 4.78 is 5.49. The lowest BCUT2D eigenvalue weighted by molar-refractivity contribution is 0.356. The molecule has 1 aromatic carbocycles. The van der Waals surface area contributed by atoms with Gasteiger partial charge in [-0.15, -0.1) is 0 Å². The number of hydrogen-bond acceptors (Lipinski definition) is 2. The van der Waals surface area contributed by atoms with Crippen LogP contribution >= 0.6 is 0 Å². The van der Waals surface area contributed by atoms with E-state index in [0.29, 0.717) is 0 Å². The molecule has 0 amide bonds. The Balaban J connectivity index is 2.12. The fourth-order valence-corrected chi connectivity index (χ4v) is 1.67. The van der Waals surface area contributed by atoms with E-state index in [1.807, 2.05) is 0 Å². The minimum absolute atomic E-state index is 0.762. The Morgan fingerprint density at radius 3 is 3.15 bits per heavy atom. The molecule has 0 saturated heterocycles. The molecule has 2 N–H and O–H groups in total. The second-order valence-corrected chi connectivity index (χ2v) is 3.43. The summed E-state index contributed by atoms with van der Waals surface area (Å²) in [5.41, 5.74) is 8.14. The molecule has 1 heterocycles. The molecule has 2 rings (SSSR count). The Kier molecular flexibility index (Phi) is 2.50. The van der Waals surface area contributed by atoms with Crippen molar-refractivity contribution in [1.82, 2.24) is 0 Å². The van der Waals surface area contributed by atoms with Crippen LogP contribution in [0.5, 0.6) is 5.75 Å². The van der Waals surface area contributed by atoms with Gasteiger partial charge < -0.3 is 10.5 Å². The van der Waals surface area contributed by atoms with E-state index in [9.17, 15) is 0 Å². The van der Waals surface area contributed by atoms with Crippen molar-refractivity contribution in [2.24, 2.45) is 5.73 Å². The normalized spacial score (nSPS) is 13.9. The van der Waals surface area contributed by atoms with Gasteiger partial charge in [0.15, 0.2) is 0 Å². The second kappa shape index (κ2) is 3.79. The van der Waals surface area contributed by atoms with Crippen molar-refractivity contribution in [1.29, 1.82) is 0 Å². The van der Waals surface area contributed by atoms with Crippen molar-refractivity contribution < 1.29 is 4.74 Å². The molecule has 1 aliphatic heterocycles. The smallest absolute Gasteiger partial charge is 0.122 e. The largest absolute Gasteiger partial charge is 0.493 e. The number of aryl methyl sites for hydroxylation is 1. The SMILES string of the molecule is NCCCc1ccc2c(c1)OCC2. The Morgan fingerprint density at radius 2 is 2.31 bits per heavy atom. The van der Waals surface area contributed by atoms with Crippen molar-refractivity contribution in [3.05, 3.63) is 29.3 Å². The minimum atomic E-state index is 0.762. The minimum Gasteiger partial charge on any atom is -0.493 e. The molecule has 0 aromatic heterocycles. The van der Waals surface area contributed by atoms with E-state index in [4.69, 9.17) is 10.5 Å². The van der Waals surface area contributed by atoms with Gasteiger partial charge >= 0.3 is 0 Å². The summed E-state index contributed by atoms with van der Waals surface area (Å²) in [6, 6.07) is 6.51. The first-order valence-corrected chi connectivity index (χ1v) is 4.85. The van der Waals surface area contributed by atoms with Gasteiger partial charge in [-0.1, -0.05) is 12.1 Å². The molecule has 0 saturated carbocycles. The van der Waals surface area contributed by atoms with E-state index in [-0.39, 0.29) is 0 Å². The zero-order chi connectivity index (χ0) is 9.10. The molecule has 1 aromatic rings. The van der Waals surface area contributed by atoms with Crippen LogP contribution in [-0.4, -0.2) is 13.2 Å². The lowest BCUT2D eigenvalue weighted by atomic mass is 10.1. The summed E-state index contributed by atoms with van der Waals surface area (Å²) in [6.45, 7) is 1.60. The number of nitrogens with two attached hydrogens (primary N) is 1. The molecule has 13 heavy (non-hydrogen) atoms. The Labute approximate surface area is 78.7 Å². The van der Waals surface area contributed by atoms with Gasteiger partial charge in [0, 0.05) is 6.42 Å². The molecule has 1 aliphatic rings. The topological polar surface area (TPSA) is 35.2 Å². The maximum Gasteiger partial charge on any atom is 0.122 e. The lowest BCUT2D eigenvalue weighted by Crippen LogP contribution is -2.00. The highest BCUT2D eigenvalue weighted by Crippen LogP contribution is 2.26. The summed E-state index contributed by atoms with van der Waals surface area (Å²) >= 11 is 0. The molecule has 0 bridgehead atoms. The van der Waals surface area contributed by atoms with E-state index < -0.39 is 0 Å². The summed E-state index contributed by atoms with van der Waals surface area (Å²) in [5, 5.41) is 0. The van der Waals surface area contributed by atoms with E-state index in [2.05, 4.69) is 18.2 Å². The van der Waals surface area contributed by atoms with Crippen LogP contribution in [0.2, 0.25) is 0 Å². The van der Waals surface area contributed by atoms with Gasteiger partial charge in [0.25, 0.3) is 0 Å². The maximum atomic E-state index is 5.49. The Bertz CT molecular complexity index is 296. The van der Waals surface area contributed by atoms with Crippen molar-refractivity contribution in [3.63, 3.8) is 0 Å². The third kappa shape index (κ3) is 1.83. The van der Waals surface area contributed by atoms with Gasteiger partial charge in [-0.3, -0.25) is 0 Å². The van der Waals surface area contributed by atoms with Gasteiger partial charge in [0.05, 0.1) is 6.61 Å². The molecular weight excluding hydrogens is 162 g/mol. The van der Waals surface area contributed by atoms with Crippen LogP contribution in [0, 0.1) is 0 Å². The highest BCUT2D eigenvalue weighted by molar-refractivity contribution is 5.40. The molecule has 0 unspecified atom stereocenters. The van der Waals surface area contributed by atoms with E-state index in [1.165, 1.54) is 11.1 Å². The van der Waals surface area contributed by atoms with Crippen LogP contribution < -0.4 is 10.5 Å². The fourth-order valence-electron chi connectivity index (χ4n) is 1.67. The van der Waals surface area contributed by atoms with Crippen LogP contribution in [0.4, 0.5) is 0 Å². The van der Waals surface area contributed by atoms with Crippen LogP contribution in [-0.2, 0) is 12.8 Å². The fraction of sp³-hybridized carbons (Fsp3) is 0.455. The molecule has 0 aliphatic carbocycles. The van der Waals surface area contributed by atoms with Gasteiger partial charge in [0.2, 0.25) is 0 Å². The van der Waals surface area contributed by atoms with Gasteiger partial charge in [-0.25, -0.2) is 0 Å². The second-order valence-electron chi connectivity index (χ2n) is 3.43. The highest BCUT2D eigenvalue weighted by Gasteiger charge is 2.11. The number of ether oxygens (including phenoxy) is 1. The number of rotatable bonds is 3. The molecule has 0 radical (unpaired) electrons. The van der Waals surface area contributed by atoms with Crippen LogP contribution in [0.15, 0.2) is 18.2 Å². The van der Waals surface area contributed by atoms with Crippen LogP contribution in [0.3, 0.4) is 0 Å². The zero-order valence-corrected chi connectivity index (χ0v) is 7.75. The summed E-state index contributed by atoms with van der Waals surface area (Å²) in [6.07, 6.45) is 3.18. The quantitative estimate of drug-likeness (QED) is 0.759. The first-order valence-electron chi connectivity index (χ1n) is 4.85. The van der Waals surface area contributed by atoms with Crippen molar-refractivity contribution in [2.75, 3.05) is 13.2 Å². The van der Waals surface area contributed by atoms with Crippen molar-refractivity contribution >= 4 is 0 Å². The number of hydrogen-bond donors (Lipinski definition) is 1. The summed E-state index contributed by atoms with van der Waals surface area (Å²) in [4.78, 5) is 0. The van der Waals surface area contributed by atoms with Crippen LogP contribution in [0.1, 0.15) is 17.5 Å². The summed E-state index contributed by atoms with van der Waals surface area (Å²) in [5.74, 6) is 1.08. The molecule has 2 nitrogen and oxygen atoms in total. The number of benzene rings is 1. The van der Waals surface area contributed by atoms with E-state index >= 15 is 0 Å². The molecule has 0 atom stereocenters. The Hall–Kier alpha value is -1.02. The first kappa shape index (κ1) is 8.57. The molecule has 0 fully saturated rings. The monoisotopic (exact) mass is 177 g/mol. The summed E-state index contributed by atoms with van der Waals surface area (Å²) in [7, 11) is 0. The lowest BCUT2D eigenvalue weighted by Gasteiger charge is -2.03. The third-order valence-electron chi connectivity index (χ3n) is 2.43. The van der Waals surface area contributed by atoms with Crippen LogP contribution in [0.25, 0.3) is 0 Å². The maximum absolute atomic E-state index is 5.49. The average molecular weight is 177 g/mol. The highest BCUT2D eigenvalue weighted by atomic mass is 16.5. The molecule has 70 valence electrons. The molecule has 2 heteroatoms. The van der Waals surface area contributed by atoms with Crippen molar-refractivity contribution in [3.8, 4) is 5.75 Å². The predicted octanol–water partition coefficient (Wildman–Crippen LogP) is 1.51. The predicted molar refractivity (Wildman–Crippen MR) is 53.0 cm³/mol. The molecule has 0 spiro atoms. The van der Waals surface area contributed by atoms with E-state index in [0.717, 1.165) is 38.2 Å². The zero-order valence-electron chi connectivity index (χ0n) is 7.75. The standard InChI is InChI=1S/C11H15NO/c12-6-1-2-9-3-4-10-5-7-13-11(10)8-9/h3-4,8H,1-2,5-7,12H2. The van der Waals surface area contributed by atoms with Crippen molar-refractivity contribution in [2.45, 2.75) is 19.3 Å². The number of fused-ring (bicyclic) bond motifs is 1. The van der Waals surface area contributed by atoms with E-state index in [1.54, 1.807) is 0 Å². The molecular formula is C11H15NO. The van der Waals surface area contributed by atoms with Gasteiger partial charge in [-0.2, -0.15) is 0 Å². The first-order chi connectivity index (χ1) is 6.40. The third-order valence-corrected chi connectivity index (χ3v) is 2.43. The average Bonchev–Trinajstić information content (AvgIpc) is 2.61. The Morgan fingerprint density at radius 1 is 1.38 bits per heavy atom.